The van der Waals surface area contributed by atoms with Gasteiger partial charge < -0.3 is 9.84 Å². The number of hydrogen-bond donors (Lipinski definition) is 1. The zero-order chi connectivity index (χ0) is 23.8. The van der Waals surface area contributed by atoms with E-state index in [4.69, 9.17) is 4.52 Å². The third-order valence-corrected chi connectivity index (χ3v) is 8.70. The second kappa shape index (κ2) is 9.27. The number of rotatable bonds is 6. The van der Waals surface area contributed by atoms with Crippen LogP contribution < -0.4 is 5.32 Å². The van der Waals surface area contributed by atoms with E-state index in [1.807, 2.05) is 6.92 Å². The summed E-state index contributed by atoms with van der Waals surface area (Å²) in [5.41, 5.74) is -0.106. The molecule has 1 fully saturated rings. The number of benzene rings is 1. The normalized spacial score (nSPS) is 15.6. The fourth-order valence-corrected chi connectivity index (χ4v) is 6.61. The fourth-order valence-electron chi connectivity index (χ4n) is 3.65. The number of nitrogens with one attached hydrogen (secondary N) is 1. The van der Waals surface area contributed by atoms with Gasteiger partial charge in [0.15, 0.2) is 0 Å². The summed E-state index contributed by atoms with van der Waals surface area (Å²) in [6.45, 7) is 3.91. The molecule has 0 spiro atoms. The number of thiophene rings is 1. The van der Waals surface area contributed by atoms with Gasteiger partial charge in [0.2, 0.25) is 27.6 Å². The molecule has 0 radical (unpaired) electrons. The molecular formula is C21H22F2N4O4S2. The van der Waals surface area contributed by atoms with Crippen LogP contribution in [0.4, 0.5) is 14.5 Å². The van der Waals surface area contributed by atoms with Crippen LogP contribution >= 0.6 is 11.3 Å². The van der Waals surface area contributed by atoms with Crippen LogP contribution in [0.15, 0.2) is 33.7 Å². The molecule has 0 unspecified atom stereocenters. The van der Waals surface area contributed by atoms with Gasteiger partial charge in [0.25, 0.3) is 0 Å². The number of aryl methyl sites for hydroxylation is 2. The number of amides is 1. The SMILES string of the molecule is CCc1nc(-c2cc(S(=O)(=O)N3CCC(C(=O)Nc4ccc(F)cc4F)CC3)c(C)s2)no1. The molecule has 1 amide bonds. The quantitative estimate of drug-likeness (QED) is 0.553. The van der Waals surface area contributed by atoms with Crippen molar-refractivity contribution in [2.45, 2.75) is 38.0 Å². The summed E-state index contributed by atoms with van der Waals surface area (Å²) in [6.07, 6.45) is 1.15. The second-order valence-corrected chi connectivity index (χ2v) is 10.9. The third kappa shape index (κ3) is 4.82. The molecule has 1 saturated heterocycles. The molecule has 2 aromatic heterocycles. The molecule has 0 saturated carbocycles. The summed E-state index contributed by atoms with van der Waals surface area (Å²) in [4.78, 5) is 18.2. The van der Waals surface area contributed by atoms with Crippen molar-refractivity contribution in [2.24, 2.45) is 5.92 Å². The highest BCUT2D eigenvalue weighted by Crippen LogP contribution is 2.35. The Morgan fingerprint density at radius 1 is 1.27 bits per heavy atom. The van der Waals surface area contributed by atoms with E-state index in [1.54, 1.807) is 13.0 Å². The van der Waals surface area contributed by atoms with Gasteiger partial charge >= 0.3 is 0 Å². The summed E-state index contributed by atoms with van der Waals surface area (Å²) in [5, 5.41) is 6.37. The minimum atomic E-state index is -3.77. The average molecular weight is 497 g/mol. The van der Waals surface area contributed by atoms with Gasteiger partial charge in [-0.1, -0.05) is 12.1 Å². The highest BCUT2D eigenvalue weighted by Gasteiger charge is 2.34. The Balaban J connectivity index is 1.43. The van der Waals surface area contributed by atoms with E-state index in [-0.39, 0.29) is 36.5 Å². The Morgan fingerprint density at radius 2 is 2.00 bits per heavy atom. The molecule has 1 N–H and O–H groups in total. The molecule has 3 heterocycles. The lowest BCUT2D eigenvalue weighted by molar-refractivity contribution is -0.120. The van der Waals surface area contributed by atoms with Crippen molar-refractivity contribution in [3.05, 3.63) is 46.7 Å². The maximum Gasteiger partial charge on any atom is 0.244 e. The number of carbonyl (C=O) groups is 1. The highest BCUT2D eigenvalue weighted by molar-refractivity contribution is 7.89. The summed E-state index contributed by atoms with van der Waals surface area (Å²) in [7, 11) is -3.77. The van der Waals surface area contributed by atoms with Gasteiger partial charge in [0, 0.05) is 36.4 Å². The number of halogens is 2. The largest absolute Gasteiger partial charge is 0.339 e. The topological polar surface area (TPSA) is 105 Å². The van der Waals surface area contributed by atoms with Crippen LogP contribution in [-0.4, -0.2) is 41.9 Å². The molecule has 8 nitrogen and oxygen atoms in total. The van der Waals surface area contributed by atoms with E-state index >= 15 is 0 Å². The first-order valence-corrected chi connectivity index (χ1v) is 12.6. The molecule has 0 atom stereocenters. The predicted octanol–water partition coefficient (Wildman–Crippen LogP) is 3.99. The monoisotopic (exact) mass is 496 g/mol. The number of carbonyl (C=O) groups excluding carboxylic acids is 1. The van der Waals surface area contributed by atoms with Crippen LogP contribution in [0.5, 0.6) is 0 Å². The Labute approximate surface area is 193 Å². The van der Waals surface area contributed by atoms with Crippen molar-refractivity contribution in [1.82, 2.24) is 14.4 Å². The van der Waals surface area contributed by atoms with Crippen molar-refractivity contribution < 1.29 is 26.5 Å². The van der Waals surface area contributed by atoms with Gasteiger partial charge in [0.1, 0.15) is 11.6 Å². The lowest BCUT2D eigenvalue weighted by Gasteiger charge is -2.30. The van der Waals surface area contributed by atoms with Crippen molar-refractivity contribution in [1.29, 1.82) is 0 Å². The molecule has 1 aromatic carbocycles. The van der Waals surface area contributed by atoms with E-state index in [0.717, 1.165) is 12.1 Å². The Morgan fingerprint density at radius 3 is 2.64 bits per heavy atom. The molecule has 1 aliphatic rings. The molecule has 0 bridgehead atoms. The summed E-state index contributed by atoms with van der Waals surface area (Å²) in [5.74, 6) is -1.67. The summed E-state index contributed by atoms with van der Waals surface area (Å²) in [6, 6.07) is 4.46. The lowest BCUT2D eigenvalue weighted by atomic mass is 9.97. The van der Waals surface area contributed by atoms with Crippen molar-refractivity contribution in [3.8, 4) is 10.7 Å². The third-order valence-electron chi connectivity index (χ3n) is 5.49. The molecule has 176 valence electrons. The number of anilines is 1. The molecule has 0 aliphatic carbocycles. The average Bonchev–Trinajstić information content (AvgIpc) is 3.42. The van der Waals surface area contributed by atoms with Crippen LogP contribution in [0.3, 0.4) is 0 Å². The summed E-state index contributed by atoms with van der Waals surface area (Å²) >= 11 is 1.27. The van der Waals surface area contributed by atoms with E-state index in [9.17, 15) is 22.0 Å². The van der Waals surface area contributed by atoms with Gasteiger partial charge in [-0.25, -0.2) is 17.2 Å². The van der Waals surface area contributed by atoms with E-state index < -0.39 is 33.5 Å². The summed E-state index contributed by atoms with van der Waals surface area (Å²) < 4.78 is 59.8. The minimum absolute atomic E-state index is 0.106. The molecule has 33 heavy (non-hydrogen) atoms. The number of aromatic nitrogens is 2. The van der Waals surface area contributed by atoms with Gasteiger partial charge in [-0.05, 0) is 38.0 Å². The Kier molecular flexibility index (Phi) is 6.59. The van der Waals surface area contributed by atoms with Gasteiger partial charge in [0.05, 0.1) is 15.5 Å². The van der Waals surface area contributed by atoms with E-state index in [0.29, 0.717) is 34.0 Å². The van der Waals surface area contributed by atoms with E-state index in [1.165, 1.54) is 15.6 Å². The Bertz CT molecular complexity index is 1280. The van der Waals surface area contributed by atoms with Crippen molar-refractivity contribution in [2.75, 3.05) is 18.4 Å². The lowest BCUT2D eigenvalue weighted by Crippen LogP contribution is -2.41. The molecule has 12 heteroatoms. The molecule has 4 rings (SSSR count). The van der Waals surface area contributed by atoms with Crippen molar-refractivity contribution in [3.63, 3.8) is 0 Å². The van der Waals surface area contributed by atoms with Crippen LogP contribution in [0.25, 0.3) is 10.7 Å². The number of piperidine rings is 1. The standard InChI is InChI=1S/C21H22F2N4O4S2/c1-3-19-25-20(26-31-19)17-11-18(12(2)32-17)33(29,30)27-8-6-13(7-9-27)21(28)24-16-5-4-14(22)10-15(16)23/h4-5,10-11,13H,3,6-9H2,1-2H3,(H,24,28). The predicted molar refractivity (Wildman–Crippen MR) is 118 cm³/mol. The number of hydrogen-bond acceptors (Lipinski definition) is 7. The molecule has 1 aliphatic heterocycles. The second-order valence-electron chi connectivity index (χ2n) is 7.69. The first-order chi connectivity index (χ1) is 15.7. The van der Waals surface area contributed by atoms with Crippen LogP contribution in [0.2, 0.25) is 0 Å². The Hall–Kier alpha value is -2.70. The highest BCUT2D eigenvalue weighted by atomic mass is 32.2. The maximum absolute atomic E-state index is 13.8. The van der Waals surface area contributed by atoms with Gasteiger partial charge in [-0.2, -0.15) is 9.29 Å². The first kappa shape index (κ1) is 23.5. The van der Waals surface area contributed by atoms with Gasteiger partial charge in [-0.15, -0.1) is 11.3 Å². The maximum atomic E-state index is 13.8. The van der Waals surface area contributed by atoms with Crippen LogP contribution in [0, 0.1) is 24.5 Å². The zero-order valence-electron chi connectivity index (χ0n) is 18.0. The number of nitrogens with zero attached hydrogens (tertiary/aromatic N) is 3. The molecular weight excluding hydrogens is 474 g/mol. The van der Waals surface area contributed by atoms with Crippen LogP contribution in [-0.2, 0) is 21.2 Å². The van der Waals surface area contributed by atoms with Crippen LogP contribution in [0.1, 0.15) is 30.5 Å². The smallest absolute Gasteiger partial charge is 0.244 e. The van der Waals surface area contributed by atoms with Crippen molar-refractivity contribution >= 4 is 33.0 Å². The first-order valence-electron chi connectivity index (χ1n) is 10.4. The molecule has 3 aromatic rings. The minimum Gasteiger partial charge on any atom is -0.339 e. The van der Waals surface area contributed by atoms with Gasteiger partial charge in [-0.3, -0.25) is 4.79 Å². The number of sulfonamides is 1. The fraction of sp³-hybridized carbons (Fsp3) is 0.381. The van der Waals surface area contributed by atoms with E-state index in [2.05, 4.69) is 15.5 Å². The zero-order valence-corrected chi connectivity index (χ0v) is 19.6.